The molecule has 372 valence electrons. The molecule has 0 radical (unpaired) electrons. The van der Waals surface area contributed by atoms with Crippen LogP contribution in [-0.4, -0.2) is 70.0 Å². The van der Waals surface area contributed by atoms with Gasteiger partial charge in [0, 0.05) is 12.8 Å². The van der Waals surface area contributed by atoms with Gasteiger partial charge >= 0.3 is 11.9 Å². The van der Waals surface area contributed by atoms with Crippen LogP contribution in [0.4, 0.5) is 0 Å². The number of phosphoric ester groups is 1. The van der Waals surface area contributed by atoms with Gasteiger partial charge in [0.05, 0.1) is 27.7 Å². The Labute approximate surface area is 389 Å². The molecule has 0 aliphatic heterocycles. The Morgan fingerprint density at radius 1 is 0.476 bits per heavy atom. The number of rotatable bonds is 49. The number of esters is 2. The predicted octanol–water partition coefficient (Wildman–Crippen LogP) is 15.2. The number of nitrogens with zero attached hydrogens (tertiary/aromatic N) is 1. The van der Waals surface area contributed by atoms with Crippen LogP contribution in [0.3, 0.4) is 0 Å². The molecule has 2 unspecified atom stereocenters. The first-order valence-corrected chi connectivity index (χ1v) is 28.0. The highest BCUT2D eigenvalue weighted by molar-refractivity contribution is 7.45. The maximum atomic E-state index is 12.7. The van der Waals surface area contributed by atoms with Crippen molar-refractivity contribution in [3.63, 3.8) is 0 Å². The largest absolute Gasteiger partial charge is 0.756 e. The molecule has 0 rings (SSSR count). The van der Waals surface area contributed by atoms with Gasteiger partial charge < -0.3 is 27.9 Å². The van der Waals surface area contributed by atoms with E-state index in [1.165, 1.54) is 167 Å². The van der Waals surface area contributed by atoms with E-state index in [1.807, 2.05) is 21.1 Å². The zero-order chi connectivity index (χ0) is 46.4. The van der Waals surface area contributed by atoms with E-state index in [0.29, 0.717) is 17.4 Å². The summed E-state index contributed by atoms with van der Waals surface area (Å²) in [5.74, 6) is -0.835. The molecule has 0 aliphatic carbocycles. The van der Waals surface area contributed by atoms with Gasteiger partial charge in [0.1, 0.15) is 19.8 Å². The summed E-state index contributed by atoms with van der Waals surface area (Å²) < 4.78 is 34.0. The number of hydrogen-bond acceptors (Lipinski definition) is 8. The summed E-state index contributed by atoms with van der Waals surface area (Å²) in [6.07, 6.45) is 52.3. The summed E-state index contributed by atoms with van der Waals surface area (Å²) in [6.45, 7) is 4.23. The first kappa shape index (κ1) is 61.5. The molecule has 63 heavy (non-hydrogen) atoms. The number of allylic oxidation sites excluding steroid dienone is 4. The Kier molecular flexibility index (Phi) is 44.5. The lowest BCUT2D eigenvalue weighted by atomic mass is 10.0. The molecular weight excluding hydrogens is 810 g/mol. The van der Waals surface area contributed by atoms with E-state index in [4.69, 9.17) is 18.5 Å². The average Bonchev–Trinajstić information content (AvgIpc) is 3.24. The number of phosphoric acid groups is 1. The minimum Gasteiger partial charge on any atom is -0.756 e. The molecule has 10 heteroatoms. The molecule has 0 N–H and O–H groups in total. The fourth-order valence-corrected chi connectivity index (χ4v) is 8.26. The molecule has 0 amide bonds. The lowest BCUT2D eigenvalue weighted by Gasteiger charge is -2.28. The van der Waals surface area contributed by atoms with Gasteiger partial charge in [-0.2, -0.15) is 0 Å². The third-order valence-corrected chi connectivity index (χ3v) is 12.7. The monoisotopic (exact) mass is 912 g/mol. The van der Waals surface area contributed by atoms with Crippen molar-refractivity contribution in [3.8, 4) is 0 Å². The van der Waals surface area contributed by atoms with E-state index in [9.17, 15) is 19.0 Å². The van der Waals surface area contributed by atoms with Crippen LogP contribution in [0.2, 0.25) is 0 Å². The number of carbonyl (C=O) groups is 2. The first-order valence-electron chi connectivity index (χ1n) is 26.5. The van der Waals surface area contributed by atoms with E-state index < -0.39 is 26.5 Å². The molecule has 0 saturated heterocycles. The van der Waals surface area contributed by atoms with Gasteiger partial charge in [-0.25, -0.2) is 0 Å². The molecular formula is C53H102NO8P. The number of likely N-dealkylation sites (N-methyl/N-ethyl adjacent to an activating group) is 1. The maximum absolute atomic E-state index is 12.7. The third-order valence-electron chi connectivity index (χ3n) is 11.7. The summed E-state index contributed by atoms with van der Waals surface area (Å²) in [6, 6.07) is 0. The first-order chi connectivity index (χ1) is 30.5. The van der Waals surface area contributed by atoms with Crippen molar-refractivity contribution in [1.82, 2.24) is 0 Å². The number of unbranched alkanes of at least 4 members (excludes halogenated alkanes) is 31. The number of hydrogen-bond donors (Lipinski definition) is 0. The Morgan fingerprint density at radius 2 is 0.810 bits per heavy atom. The second kappa shape index (κ2) is 45.6. The van der Waals surface area contributed by atoms with Gasteiger partial charge in [0.25, 0.3) is 7.82 Å². The van der Waals surface area contributed by atoms with Crippen molar-refractivity contribution < 1.29 is 42.1 Å². The zero-order valence-corrected chi connectivity index (χ0v) is 42.9. The molecule has 0 aromatic heterocycles. The number of quaternary nitrogens is 1. The smallest absolute Gasteiger partial charge is 0.306 e. The van der Waals surface area contributed by atoms with Crippen LogP contribution < -0.4 is 4.89 Å². The van der Waals surface area contributed by atoms with E-state index in [-0.39, 0.29) is 32.0 Å². The highest BCUT2D eigenvalue weighted by atomic mass is 31.2. The zero-order valence-electron chi connectivity index (χ0n) is 42.0. The molecule has 0 bridgehead atoms. The molecule has 0 aromatic rings. The number of carbonyl (C=O) groups excluding carboxylic acids is 2. The van der Waals surface area contributed by atoms with Crippen LogP contribution in [-0.2, 0) is 32.7 Å². The molecule has 0 spiro atoms. The van der Waals surface area contributed by atoms with Crippen LogP contribution in [0.5, 0.6) is 0 Å². The highest BCUT2D eigenvalue weighted by Gasteiger charge is 2.21. The molecule has 0 heterocycles. The second-order valence-electron chi connectivity index (χ2n) is 19.2. The van der Waals surface area contributed by atoms with Gasteiger partial charge in [-0.1, -0.05) is 199 Å². The van der Waals surface area contributed by atoms with Gasteiger partial charge in [0.2, 0.25) is 0 Å². The standard InChI is InChI=1S/C53H102NO8P/c1-6-8-10-12-14-16-18-20-21-22-23-24-25-26-27-28-29-30-31-32-33-34-36-38-40-42-44-46-53(56)62-51(50-61-63(57,58)60-48-47-54(3,4)5)49-59-52(55)45-43-41-39-37-35-19-17-15-13-11-9-7-2/h15,17,22-23,51H,6-14,16,18-21,24-50H2,1-5H3/b17-15-,23-22-. The quantitative estimate of drug-likeness (QED) is 0.0195. The van der Waals surface area contributed by atoms with Crippen LogP contribution in [0.1, 0.15) is 251 Å². The highest BCUT2D eigenvalue weighted by Crippen LogP contribution is 2.38. The van der Waals surface area contributed by atoms with Crippen molar-refractivity contribution in [1.29, 1.82) is 0 Å². The Hall–Kier alpha value is -1.51. The SMILES string of the molecule is CCCCC/C=C\CCCCCCCC(=O)OCC(COP(=O)([O-])OCC[N+](C)(C)C)OC(=O)CCCCCCCCCCCCCCCCC/C=C\CCCCCCCCCC. The predicted molar refractivity (Wildman–Crippen MR) is 264 cm³/mol. The Morgan fingerprint density at radius 3 is 1.21 bits per heavy atom. The summed E-state index contributed by atoms with van der Waals surface area (Å²) >= 11 is 0. The fourth-order valence-electron chi connectivity index (χ4n) is 7.53. The number of ether oxygens (including phenoxy) is 2. The molecule has 0 fully saturated rings. The molecule has 9 nitrogen and oxygen atoms in total. The van der Waals surface area contributed by atoms with Crippen LogP contribution >= 0.6 is 7.82 Å². The fraction of sp³-hybridized carbons (Fsp3) is 0.887. The molecule has 2 atom stereocenters. The van der Waals surface area contributed by atoms with Crippen LogP contribution in [0.25, 0.3) is 0 Å². The van der Waals surface area contributed by atoms with Gasteiger partial charge in [-0.05, 0) is 64.2 Å². The molecule has 0 saturated carbocycles. The lowest BCUT2D eigenvalue weighted by Crippen LogP contribution is -2.37. The van der Waals surface area contributed by atoms with Crippen molar-refractivity contribution in [2.24, 2.45) is 0 Å². The summed E-state index contributed by atoms with van der Waals surface area (Å²) in [4.78, 5) is 37.6. The van der Waals surface area contributed by atoms with Crippen molar-refractivity contribution >= 4 is 19.8 Å². The lowest BCUT2D eigenvalue weighted by molar-refractivity contribution is -0.870. The topological polar surface area (TPSA) is 111 Å². The van der Waals surface area contributed by atoms with Crippen molar-refractivity contribution in [3.05, 3.63) is 24.3 Å². The normalized spacial score (nSPS) is 13.6. The van der Waals surface area contributed by atoms with Crippen LogP contribution in [0, 0.1) is 0 Å². The summed E-state index contributed by atoms with van der Waals surface area (Å²) in [7, 11) is 1.17. The summed E-state index contributed by atoms with van der Waals surface area (Å²) in [5, 5.41) is 0. The van der Waals surface area contributed by atoms with Gasteiger partial charge in [-0.3, -0.25) is 14.2 Å². The average molecular weight is 912 g/mol. The minimum atomic E-state index is -4.63. The van der Waals surface area contributed by atoms with Crippen LogP contribution in [0.15, 0.2) is 24.3 Å². The third kappa shape index (κ3) is 49.8. The molecule has 0 aliphatic rings. The Balaban J connectivity index is 4.09. The van der Waals surface area contributed by atoms with E-state index >= 15 is 0 Å². The van der Waals surface area contributed by atoms with Crippen molar-refractivity contribution in [2.45, 2.75) is 258 Å². The van der Waals surface area contributed by atoms with E-state index in [2.05, 4.69) is 38.2 Å². The summed E-state index contributed by atoms with van der Waals surface area (Å²) in [5.41, 5.74) is 0. The maximum Gasteiger partial charge on any atom is 0.306 e. The molecule has 0 aromatic carbocycles. The Bertz CT molecular complexity index is 1120. The van der Waals surface area contributed by atoms with E-state index in [1.54, 1.807) is 0 Å². The van der Waals surface area contributed by atoms with Gasteiger partial charge in [0.15, 0.2) is 6.10 Å². The van der Waals surface area contributed by atoms with Crippen molar-refractivity contribution in [2.75, 3.05) is 47.5 Å². The second-order valence-corrected chi connectivity index (χ2v) is 20.6. The van der Waals surface area contributed by atoms with E-state index in [0.717, 1.165) is 51.4 Å². The van der Waals surface area contributed by atoms with Gasteiger partial charge in [-0.15, -0.1) is 0 Å². The minimum absolute atomic E-state index is 0.0301.